The summed E-state index contributed by atoms with van der Waals surface area (Å²) in [4.78, 5) is 15.1. The SMILES string of the molecule is Cc1ccc(C)c(-c2cc(-c3ccc(F)cc3)[nH]c(=O)c2C#N)c1. The molecule has 0 unspecified atom stereocenters. The van der Waals surface area contributed by atoms with Crippen molar-refractivity contribution in [1.29, 1.82) is 5.26 Å². The summed E-state index contributed by atoms with van der Waals surface area (Å²) in [6.45, 7) is 3.90. The Morgan fingerprint density at radius 3 is 2.38 bits per heavy atom. The van der Waals surface area contributed by atoms with E-state index in [4.69, 9.17) is 0 Å². The number of hydrogen-bond donors (Lipinski definition) is 1. The molecule has 0 saturated heterocycles. The first-order valence-corrected chi connectivity index (χ1v) is 7.50. The molecule has 1 aromatic heterocycles. The number of nitrogens with one attached hydrogen (secondary N) is 1. The molecular formula is C20H15FN2O. The first-order valence-electron chi connectivity index (χ1n) is 7.50. The van der Waals surface area contributed by atoms with Gasteiger partial charge >= 0.3 is 0 Å². The van der Waals surface area contributed by atoms with Crippen LogP contribution in [-0.4, -0.2) is 4.98 Å². The average Bonchev–Trinajstić information content (AvgIpc) is 2.57. The van der Waals surface area contributed by atoms with Crippen LogP contribution < -0.4 is 5.56 Å². The highest BCUT2D eigenvalue weighted by atomic mass is 19.1. The molecular weight excluding hydrogens is 303 g/mol. The minimum absolute atomic E-state index is 0.0783. The molecule has 24 heavy (non-hydrogen) atoms. The molecule has 4 heteroatoms. The fourth-order valence-electron chi connectivity index (χ4n) is 2.69. The minimum atomic E-state index is -0.449. The summed E-state index contributed by atoms with van der Waals surface area (Å²) in [7, 11) is 0. The second-order valence-corrected chi connectivity index (χ2v) is 5.74. The lowest BCUT2D eigenvalue weighted by Crippen LogP contribution is -2.13. The Bertz CT molecular complexity index is 1010. The van der Waals surface area contributed by atoms with Crippen LogP contribution >= 0.6 is 0 Å². The number of benzene rings is 2. The number of nitrogens with zero attached hydrogens (tertiary/aromatic N) is 1. The van der Waals surface area contributed by atoms with Crippen molar-refractivity contribution < 1.29 is 4.39 Å². The van der Waals surface area contributed by atoms with Gasteiger partial charge in [-0.1, -0.05) is 23.8 Å². The standard InChI is InChI=1S/C20H15FN2O/c1-12-3-4-13(2)16(9-12)17-10-19(23-20(24)18(17)11-22)14-5-7-15(21)8-6-14/h3-10H,1-2H3,(H,23,24). The van der Waals surface area contributed by atoms with E-state index in [-0.39, 0.29) is 11.4 Å². The molecule has 0 saturated carbocycles. The van der Waals surface area contributed by atoms with E-state index in [2.05, 4.69) is 4.98 Å². The van der Waals surface area contributed by atoms with Gasteiger partial charge in [0.1, 0.15) is 17.4 Å². The third-order valence-corrected chi connectivity index (χ3v) is 3.98. The highest BCUT2D eigenvalue weighted by molar-refractivity contribution is 5.77. The number of pyridine rings is 1. The lowest BCUT2D eigenvalue weighted by Gasteiger charge is -2.11. The van der Waals surface area contributed by atoms with Gasteiger partial charge in [0, 0.05) is 11.3 Å². The molecule has 0 fully saturated rings. The fraction of sp³-hybridized carbons (Fsp3) is 0.100. The second kappa shape index (κ2) is 6.13. The van der Waals surface area contributed by atoms with Crippen LogP contribution in [-0.2, 0) is 0 Å². The Labute approximate surface area is 139 Å². The molecule has 0 spiro atoms. The molecule has 1 N–H and O–H groups in total. The third kappa shape index (κ3) is 2.84. The van der Waals surface area contributed by atoms with Crippen LogP contribution in [0.2, 0.25) is 0 Å². The molecule has 1 heterocycles. The van der Waals surface area contributed by atoms with E-state index < -0.39 is 5.56 Å². The quantitative estimate of drug-likeness (QED) is 0.764. The molecule has 0 bridgehead atoms. The minimum Gasteiger partial charge on any atom is -0.321 e. The van der Waals surface area contributed by atoms with Crippen LogP contribution in [0.3, 0.4) is 0 Å². The van der Waals surface area contributed by atoms with Gasteiger partial charge in [0.2, 0.25) is 0 Å². The number of halogens is 1. The number of aryl methyl sites for hydroxylation is 2. The molecule has 0 aliphatic rings. The zero-order valence-corrected chi connectivity index (χ0v) is 13.4. The van der Waals surface area contributed by atoms with Crippen molar-refractivity contribution in [2.24, 2.45) is 0 Å². The number of H-pyrrole nitrogens is 1. The van der Waals surface area contributed by atoms with Crippen LogP contribution in [0.25, 0.3) is 22.4 Å². The van der Waals surface area contributed by atoms with Gasteiger partial charge < -0.3 is 4.98 Å². The van der Waals surface area contributed by atoms with Crippen molar-refractivity contribution in [2.45, 2.75) is 13.8 Å². The molecule has 0 aliphatic carbocycles. The van der Waals surface area contributed by atoms with Gasteiger partial charge in [0.25, 0.3) is 5.56 Å². The molecule has 0 aliphatic heterocycles. The normalized spacial score (nSPS) is 10.4. The Morgan fingerprint density at radius 1 is 1.00 bits per heavy atom. The smallest absolute Gasteiger partial charge is 0.266 e. The van der Waals surface area contributed by atoms with E-state index in [1.807, 2.05) is 38.1 Å². The van der Waals surface area contributed by atoms with Gasteiger partial charge in [-0.3, -0.25) is 4.79 Å². The largest absolute Gasteiger partial charge is 0.321 e. The first kappa shape index (κ1) is 15.7. The Hall–Kier alpha value is -3.19. The van der Waals surface area contributed by atoms with E-state index in [0.29, 0.717) is 16.8 Å². The Kier molecular flexibility index (Phi) is 4.01. The van der Waals surface area contributed by atoms with Gasteiger partial charge in [-0.15, -0.1) is 0 Å². The third-order valence-electron chi connectivity index (χ3n) is 3.98. The van der Waals surface area contributed by atoms with Crippen LogP contribution in [0.4, 0.5) is 4.39 Å². The van der Waals surface area contributed by atoms with Gasteiger partial charge in [0.15, 0.2) is 0 Å². The fourth-order valence-corrected chi connectivity index (χ4v) is 2.69. The van der Waals surface area contributed by atoms with Crippen molar-refractivity contribution in [1.82, 2.24) is 4.98 Å². The van der Waals surface area contributed by atoms with E-state index in [0.717, 1.165) is 16.7 Å². The number of rotatable bonds is 2. The van der Waals surface area contributed by atoms with Crippen LogP contribution in [0, 0.1) is 31.0 Å². The van der Waals surface area contributed by atoms with Crippen LogP contribution in [0.15, 0.2) is 53.3 Å². The van der Waals surface area contributed by atoms with E-state index in [9.17, 15) is 14.4 Å². The Balaban J connectivity index is 2.29. The molecule has 3 rings (SSSR count). The summed E-state index contributed by atoms with van der Waals surface area (Å²) in [5, 5.41) is 9.40. The lowest BCUT2D eigenvalue weighted by atomic mass is 9.94. The zero-order chi connectivity index (χ0) is 17.3. The van der Waals surface area contributed by atoms with E-state index >= 15 is 0 Å². The maximum atomic E-state index is 13.1. The number of nitriles is 1. The summed E-state index contributed by atoms with van der Waals surface area (Å²) in [6.07, 6.45) is 0. The average molecular weight is 318 g/mol. The van der Waals surface area contributed by atoms with Crippen LogP contribution in [0.1, 0.15) is 16.7 Å². The van der Waals surface area contributed by atoms with Crippen molar-refractivity contribution >= 4 is 0 Å². The van der Waals surface area contributed by atoms with Gasteiger partial charge in [-0.2, -0.15) is 5.26 Å². The predicted molar refractivity (Wildman–Crippen MR) is 92.1 cm³/mol. The van der Waals surface area contributed by atoms with Gasteiger partial charge in [-0.25, -0.2) is 4.39 Å². The maximum absolute atomic E-state index is 13.1. The maximum Gasteiger partial charge on any atom is 0.266 e. The summed E-state index contributed by atoms with van der Waals surface area (Å²) in [5.41, 5.74) is 4.32. The summed E-state index contributed by atoms with van der Waals surface area (Å²) in [6, 6.07) is 15.5. The molecule has 3 aromatic rings. The van der Waals surface area contributed by atoms with Crippen LogP contribution in [0.5, 0.6) is 0 Å². The van der Waals surface area contributed by atoms with Crippen molar-refractivity contribution in [3.05, 3.63) is 81.4 Å². The van der Waals surface area contributed by atoms with Crippen molar-refractivity contribution in [2.75, 3.05) is 0 Å². The van der Waals surface area contributed by atoms with E-state index in [1.165, 1.54) is 12.1 Å². The molecule has 3 nitrogen and oxygen atoms in total. The second-order valence-electron chi connectivity index (χ2n) is 5.74. The number of aromatic amines is 1. The summed E-state index contributed by atoms with van der Waals surface area (Å²) < 4.78 is 13.1. The van der Waals surface area contributed by atoms with Gasteiger partial charge in [0.05, 0.1) is 0 Å². The lowest BCUT2D eigenvalue weighted by molar-refractivity contribution is 0.628. The zero-order valence-electron chi connectivity index (χ0n) is 13.4. The summed E-state index contributed by atoms with van der Waals surface area (Å²) in [5.74, 6) is -0.343. The van der Waals surface area contributed by atoms with Crippen molar-refractivity contribution in [3.8, 4) is 28.5 Å². The number of hydrogen-bond acceptors (Lipinski definition) is 2. The molecule has 118 valence electrons. The molecule has 0 amide bonds. The Morgan fingerprint density at radius 2 is 1.71 bits per heavy atom. The molecule has 0 atom stereocenters. The monoisotopic (exact) mass is 318 g/mol. The topological polar surface area (TPSA) is 56.6 Å². The molecule has 2 aromatic carbocycles. The molecule has 0 radical (unpaired) electrons. The van der Waals surface area contributed by atoms with Gasteiger partial charge in [-0.05, 0) is 60.9 Å². The first-order chi connectivity index (χ1) is 11.5. The highest BCUT2D eigenvalue weighted by Gasteiger charge is 2.14. The number of aromatic nitrogens is 1. The van der Waals surface area contributed by atoms with Crippen molar-refractivity contribution in [3.63, 3.8) is 0 Å². The highest BCUT2D eigenvalue weighted by Crippen LogP contribution is 2.29. The summed E-state index contributed by atoms with van der Waals surface area (Å²) >= 11 is 0. The van der Waals surface area contributed by atoms with E-state index in [1.54, 1.807) is 18.2 Å². The predicted octanol–water partition coefficient (Wildman–Crippen LogP) is 4.34.